The van der Waals surface area contributed by atoms with Gasteiger partial charge in [-0.25, -0.2) is 0 Å². The highest BCUT2D eigenvalue weighted by Gasteiger charge is 2.41. The van der Waals surface area contributed by atoms with Crippen LogP contribution in [0.2, 0.25) is 0 Å². The number of benzene rings is 9. The Kier molecular flexibility index (Phi) is 7.96. The zero-order chi connectivity index (χ0) is 41.7. The average molecular weight is 796 g/mol. The predicted molar refractivity (Wildman–Crippen MR) is 260 cm³/mol. The van der Waals surface area contributed by atoms with E-state index in [2.05, 4.69) is 233 Å². The van der Waals surface area contributed by atoms with Gasteiger partial charge in [0, 0.05) is 33.2 Å². The maximum Gasteiger partial charge on any atom is 0.137 e. The largest absolute Gasteiger partial charge is 0.456 e. The van der Waals surface area contributed by atoms with Crippen molar-refractivity contribution in [1.82, 2.24) is 0 Å². The molecule has 0 bridgehead atoms. The number of furan rings is 1. The van der Waals surface area contributed by atoms with Crippen molar-refractivity contribution >= 4 is 39.0 Å². The fourth-order valence-electron chi connectivity index (χ4n) is 10.6. The summed E-state index contributed by atoms with van der Waals surface area (Å²) in [4.78, 5) is 2.53. The van der Waals surface area contributed by atoms with Crippen molar-refractivity contribution in [3.05, 3.63) is 222 Å². The quantitative estimate of drug-likeness (QED) is 0.167. The van der Waals surface area contributed by atoms with Gasteiger partial charge in [-0.15, -0.1) is 0 Å². The number of rotatable bonds is 6. The molecule has 1 aromatic heterocycles. The normalized spacial score (nSPS) is 14.1. The molecular weight excluding hydrogens is 751 g/mol. The van der Waals surface area contributed by atoms with Crippen molar-refractivity contribution in [3.8, 4) is 55.6 Å². The molecule has 0 aliphatic heterocycles. The summed E-state index contributed by atoms with van der Waals surface area (Å²) in [5.74, 6) is 0. The Morgan fingerprint density at radius 1 is 0.355 bits per heavy atom. The summed E-state index contributed by atoms with van der Waals surface area (Å²) >= 11 is 0. The zero-order valence-electron chi connectivity index (χ0n) is 35.4. The van der Waals surface area contributed by atoms with Gasteiger partial charge in [-0.05, 0) is 115 Å². The van der Waals surface area contributed by atoms with Crippen molar-refractivity contribution in [2.24, 2.45) is 0 Å². The molecule has 0 saturated heterocycles. The lowest BCUT2D eigenvalue weighted by Gasteiger charge is -2.31. The Morgan fingerprint density at radius 3 is 1.50 bits per heavy atom. The van der Waals surface area contributed by atoms with Gasteiger partial charge in [-0.3, -0.25) is 0 Å². The minimum absolute atomic E-state index is 0.161. The van der Waals surface area contributed by atoms with Crippen LogP contribution in [-0.2, 0) is 10.8 Å². The lowest BCUT2D eigenvalue weighted by atomic mass is 9.82. The van der Waals surface area contributed by atoms with E-state index in [1.165, 1.54) is 66.8 Å². The van der Waals surface area contributed by atoms with Gasteiger partial charge < -0.3 is 9.32 Å². The third-order valence-electron chi connectivity index (χ3n) is 13.9. The molecular formula is C60H45NO. The van der Waals surface area contributed by atoms with Crippen LogP contribution in [-0.4, -0.2) is 0 Å². The first-order valence-electron chi connectivity index (χ1n) is 21.8. The molecule has 0 atom stereocenters. The molecule has 0 N–H and O–H groups in total. The number of hydrogen-bond acceptors (Lipinski definition) is 2. The van der Waals surface area contributed by atoms with Crippen molar-refractivity contribution in [2.45, 2.75) is 38.5 Å². The lowest BCUT2D eigenvalue weighted by Crippen LogP contribution is -2.18. The fourth-order valence-corrected chi connectivity index (χ4v) is 10.6. The van der Waals surface area contributed by atoms with Gasteiger partial charge in [0.2, 0.25) is 0 Å². The maximum atomic E-state index is 7.09. The van der Waals surface area contributed by atoms with E-state index in [1.807, 2.05) is 0 Å². The van der Waals surface area contributed by atoms with Crippen molar-refractivity contribution < 1.29 is 4.42 Å². The fraction of sp³-hybridized carbons (Fsp3) is 0.100. The van der Waals surface area contributed by atoms with Crippen LogP contribution >= 0.6 is 0 Å². The SMILES string of the molecule is CC1(C)c2ccccc2-c2ccc(N(c3ccc(-c4ccccc4)cc3)c3c4c(cc5oc6cc(-c7ccc(-c8ccccc8)cc7)ccc6c35)C(C)(C)c3ccccc3-4)cc21. The van der Waals surface area contributed by atoms with Crippen LogP contribution in [0.15, 0.2) is 205 Å². The summed E-state index contributed by atoms with van der Waals surface area (Å²) in [7, 11) is 0. The Hall–Kier alpha value is -7.42. The number of fused-ring (bicyclic) bond motifs is 9. The van der Waals surface area contributed by atoms with Crippen LogP contribution in [0.5, 0.6) is 0 Å². The topological polar surface area (TPSA) is 16.4 Å². The van der Waals surface area contributed by atoms with E-state index < -0.39 is 0 Å². The van der Waals surface area contributed by atoms with Crippen LogP contribution in [0.4, 0.5) is 17.1 Å². The summed E-state index contributed by atoms with van der Waals surface area (Å²) in [6.07, 6.45) is 0. The molecule has 0 unspecified atom stereocenters. The lowest BCUT2D eigenvalue weighted by molar-refractivity contribution is 0.647. The molecule has 0 fully saturated rings. The molecule has 9 aromatic carbocycles. The molecule has 0 saturated carbocycles. The van der Waals surface area contributed by atoms with E-state index in [0.717, 1.165) is 50.1 Å². The molecule has 2 aliphatic carbocycles. The highest BCUT2D eigenvalue weighted by atomic mass is 16.3. The Balaban J connectivity index is 1.12. The first kappa shape index (κ1) is 36.4. The van der Waals surface area contributed by atoms with Crippen molar-refractivity contribution in [1.29, 1.82) is 0 Å². The maximum absolute atomic E-state index is 7.09. The van der Waals surface area contributed by atoms with E-state index in [0.29, 0.717) is 0 Å². The second-order valence-corrected chi connectivity index (χ2v) is 18.1. The van der Waals surface area contributed by atoms with Gasteiger partial charge >= 0.3 is 0 Å². The highest BCUT2D eigenvalue weighted by Crippen LogP contribution is 2.59. The summed E-state index contributed by atoms with van der Waals surface area (Å²) < 4.78 is 7.09. The van der Waals surface area contributed by atoms with Crippen molar-refractivity contribution in [3.63, 3.8) is 0 Å². The van der Waals surface area contributed by atoms with Crippen LogP contribution in [0.1, 0.15) is 49.9 Å². The van der Waals surface area contributed by atoms with Crippen LogP contribution in [0, 0.1) is 0 Å². The molecule has 2 aliphatic rings. The zero-order valence-corrected chi connectivity index (χ0v) is 35.4. The monoisotopic (exact) mass is 795 g/mol. The summed E-state index contributed by atoms with van der Waals surface area (Å²) in [5, 5.41) is 2.22. The average Bonchev–Trinajstić information content (AvgIpc) is 3.89. The second kappa shape index (κ2) is 13.5. The van der Waals surface area contributed by atoms with E-state index in [9.17, 15) is 0 Å². The molecule has 0 spiro atoms. The molecule has 2 heteroatoms. The van der Waals surface area contributed by atoms with Gasteiger partial charge in [0.25, 0.3) is 0 Å². The first-order chi connectivity index (χ1) is 30.3. The van der Waals surface area contributed by atoms with E-state index >= 15 is 0 Å². The Bertz CT molecular complexity index is 3370. The smallest absolute Gasteiger partial charge is 0.137 e. The molecule has 12 rings (SSSR count). The predicted octanol–water partition coefficient (Wildman–Crippen LogP) is 16.7. The van der Waals surface area contributed by atoms with Gasteiger partial charge in [0.1, 0.15) is 11.2 Å². The second-order valence-electron chi connectivity index (χ2n) is 18.1. The highest BCUT2D eigenvalue weighted by molar-refractivity contribution is 6.19. The standard InChI is InChI=1S/C60H45NO/c1-59(2)50-21-13-11-19-46(50)47-34-32-45(36-52(47)59)61(44-30-27-41(28-31-44)39-17-9-6-10-18-39)58-56-48-20-12-14-22-51(48)60(3,4)53(56)37-55-57(58)49-33-29-43(35-54(49)62-55)42-25-23-40(24-26-42)38-15-7-5-8-16-38/h5-37H,1-4H3. The minimum atomic E-state index is -0.246. The number of nitrogens with zero attached hydrogens (tertiary/aromatic N) is 1. The van der Waals surface area contributed by atoms with Crippen LogP contribution < -0.4 is 4.90 Å². The number of hydrogen-bond donors (Lipinski definition) is 0. The Morgan fingerprint density at radius 2 is 0.839 bits per heavy atom. The molecule has 296 valence electrons. The first-order valence-corrected chi connectivity index (χ1v) is 21.8. The van der Waals surface area contributed by atoms with Gasteiger partial charge in [0.05, 0.1) is 11.1 Å². The van der Waals surface area contributed by atoms with E-state index in [1.54, 1.807) is 0 Å². The van der Waals surface area contributed by atoms with Gasteiger partial charge in [-0.2, -0.15) is 0 Å². The summed E-state index contributed by atoms with van der Waals surface area (Å²) in [6.45, 7) is 9.46. The third kappa shape index (κ3) is 5.43. The Labute approximate surface area is 363 Å². The molecule has 2 nitrogen and oxygen atoms in total. The van der Waals surface area contributed by atoms with E-state index in [-0.39, 0.29) is 10.8 Å². The molecule has 1 heterocycles. The molecule has 0 amide bonds. The molecule has 0 radical (unpaired) electrons. The van der Waals surface area contributed by atoms with E-state index in [4.69, 9.17) is 4.42 Å². The summed E-state index contributed by atoms with van der Waals surface area (Å²) in [5.41, 5.74) is 22.3. The summed E-state index contributed by atoms with van der Waals surface area (Å²) in [6, 6.07) is 73.4. The van der Waals surface area contributed by atoms with Crippen LogP contribution in [0.25, 0.3) is 77.6 Å². The van der Waals surface area contributed by atoms with Crippen molar-refractivity contribution in [2.75, 3.05) is 4.90 Å². The minimum Gasteiger partial charge on any atom is -0.456 e. The molecule has 10 aromatic rings. The third-order valence-corrected chi connectivity index (χ3v) is 13.9. The number of anilines is 3. The van der Waals surface area contributed by atoms with Crippen LogP contribution in [0.3, 0.4) is 0 Å². The molecule has 62 heavy (non-hydrogen) atoms. The van der Waals surface area contributed by atoms with Gasteiger partial charge in [0.15, 0.2) is 0 Å². The van der Waals surface area contributed by atoms with Gasteiger partial charge in [-0.1, -0.05) is 185 Å².